The van der Waals surface area contributed by atoms with Gasteiger partial charge in [0.15, 0.2) is 0 Å². The Bertz CT molecular complexity index is 153. The Labute approximate surface area is 50.8 Å². The maximum Gasteiger partial charge on any atom is 0.251 e. The van der Waals surface area contributed by atoms with Crippen LogP contribution in [-0.2, 0) is 4.79 Å². The van der Waals surface area contributed by atoms with E-state index in [9.17, 15) is 4.79 Å². The van der Waals surface area contributed by atoms with Crippen LogP contribution in [0.25, 0.3) is 0 Å². The number of hydrogen-bond donors (Lipinski definition) is 3. The summed E-state index contributed by atoms with van der Waals surface area (Å²) < 4.78 is 0. The fourth-order valence-corrected chi connectivity index (χ4v) is 0.387. The SMILES string of the molecule is NC1=NNN(C=O)N1N. The molecule has 0 aromatic rings. The molecule has 0 saturated heterocycles. The van der Waals surface area contributed by atoms with Gasteiger partial charge in [0.2, 0.25) is 0 Å². The molecular formula is C2H6N6O. The lowest BCUT2D eigenvalue weighted by Crippen LogP contribution is -2.51. The molecule has 1 aliphatic heterocycles. The molecule has 0 spiro atoms. The number of hydrazone groups is 1. The Hall–Kier alpha value is -1.50. The van der Waals surface area contributed by atoms with Crippen molar-refractivity contribution in [2.75, 3.05) is 0 Å². The zero-order valence-corrected chi connectivity index (χ0v) is 4.48. The van der Waals surface area contributed by atoms with Crippen molar-refractivity contribution >= 4 is 12.4 Å². The van der Waals surface area contributed by atoms with Crippen molar-refractivity contribution in [1.82, 2.24) is 15.8 Å². The van der Waals surface area contributed by atoms with Crippen LogP contribution in [0.3, 0.4) is 0 Å². The summed E-state index contributed by atoms with van der Waals surface area (Å²) in [4.78, 5) is 9.98. The Morgan fingerprint density at radius 2 is 2.44 bits per heavy atom. The third-order valence-electron chi connectivity index (χ3n) is 0.834. The molecule has 0 aromatic heterocycles. The Balaban J connectivity index is 2.61. The highest BCUT2D eigenvalue weighted by atomic mass is 16.2. The monoisotopic (exact) mass is 130 g/mol. The Kier molecular flexibility index (Phi) is 1.12. The number of amides is 1. The molecule has 0 unspecified atom stereocenters. The number of guanidine groups is 1. The van der Waals surface area contributed by atoms with E-state index in [4.69, 9.17) is 11.6 Å². The van der Waals surface area contributed by atoms with Crippen LogP contribution < -0.4 is 17.1 Å². The van der Waals surface area contributed by atoms with Gasteiger partial charge in [-0.1, -0.05) is 0 Å². The lowest BCUT2D eigenvalue weighted by atomic mass is 11.0. The summed E-state index contributed by atoms with van der Waals surface area (Å²) in [5.74, 6) is 5.19. The van der Waals surface area contributed by atoms with Crippen molar-refractivity contribution < 1.29 is 4.79 Å². The van der Waals surface area contributed by atoms with Crippen molar-refractivity contribution in [3.05, 3.63) is 0 Å². The van der Waals surface area contributed by atoms with Crippen molar-refractivity contribution in [2.24, 2.45) is 16.7 Å². The first kappa shape index (κ1) is 5.63. The summed E-state index contributed by atoms with van der Waals surface area (Å²) in [7, 11) is 0. The van der Waals surface area contributed by atoms with Crippen LogP contribution in [-0.4, -0.2) is 22.6 Å². The van der Waals surface area contributed by atoms with E-state index in [2.05, 4.69) is 10.6 Å². The number of hydrogen-bond acceptors (Lipinski definition) is 6. The molecule has 9 heavy (non-hydrogen) atoms. The molecule has 0 aromatic carbocycles. The first-order valence-corrected chi connectivity index (χ1v) is 2.14. The van der Waals surface area contributed by atoms with Crippen molar-refractivity contribution in [2.45, 2.75) is 0 Å². The molecule has 1 rings (SSSR count). The molecule has 0 fully saturated rings. The first-order valence-electron chi connectivity index (χ1n) is 2.14. The molecule has 1 amide bonds. The van der Waals surface area contributed by atoms with E-state index in [1.807, 2.05) is 0 Å². The second kappa shape index (κ2) is 1.78. The van der Waals surface area contributed by atoms with Gasteiger partial charge in [-0.05, 0) is 0 Å². The van der Waals surface area contributed by atoms with Crippen LogP contribution >= 0.6 is 0 Å². The summed E-state index contributed by atoms with van der Waals surface area (Å²) in [5, 5.41) is 5.19. The third-order valence-corrected chi connectivity index (χ3v) is 0.834. The van der Waals surface area contributed by atoms with Gasteiger partial charge in [-0.3, -0.25) is 4.79 Å². The van der Waals surface area contributed by atoms with Crippen LogP contribution in [0.1, 0.15) is 0 Å². The number of rotatable bonds is 1. The van der Waals surface area contributed by atoms with Gasteiger partial charge in [0.1, 0.15) is 0 Å². The highest BCUT2D eigenvalue weighted by molar-refractivity contribution is 5.79. The molecule has 50 valence electrons. The lowest BCUT2D eigenvalue weighted by Gasteiger charge is -2.16. The smallest absolute Gasteiger partial charge is 0.251 e. The molecule has 1 aliphatic rings. The fraction of sp³-hybridized carbons (Fsp3) is 0. The van der Waals surface area contributed by atoms with Gasteiger partial charge in [-0.2, -0.15) is 10.7 Å². The summed E-state index contributed by atoms with van der Waals surface area (Å²) in [6.45, 7) is 0. The van der Waals surface area contributed by atoms with Crippen molar-refractivity contribution in [3.63, 3.8) is 0 Å². The van der Waals surface area contributed by atoms with Gasteiger partial charge in [-0.15, -0.1) is 10.2 Å². The summed E-state index contributed by atoms with van der Waals surface area (Å²) in [5.41, 5.74) is 7.37. The van der Waals surface area contributed by atoms with E-state index < -0.39 is 0 Å². The maximum atomic E-state index is 9.98. The normalized spacial score (nSPS) is 17.2. The summed E-state index contributed by atoms with van der Waals surface area (Å²) in [6.07, 6.45) is 0.448. The first-order chi connectivity index (χ1) is 4.25. The number of nitrogens with zero attached hydrogens (tertiary/aromatic N) is 3. The molecule has 1 heterocycles. The van der Waals surface area contributed by atoms with E-state index >= 15 is 0 Å². The molecule has 5 N–H and O–H groups in total. The van der Waals surface area contributed by atoms with Gasteiger partial charge in [0, 0.05) is 0 Å². The molecule has 7 nitrogen and oxygen atoms in total. The van der Waals surface area contributed by atoms with E-state index in [0.29, 0.717) is 6.41 Å². The minimum Gasteiger partial charge on any atom is -0.366 e. The van der Waals surface area contributed by atoms with E-state index in [1.165, 1.54) is 0 Å². The number of carbonyl (C=O) groups excluding carboxylic acids is 1. The highest BCUT2D eigenvalue weighted by Gasteiger charge is 2.17. The van der Waals surface area contributed by atoms with E-state index in [1.54, 1.807) is 0 Å². The van der Waals surface area contributed by atoms with Gasteiger partial charge < -0.3 is 5.73 Å². The Morgan fingerprint density at radius 1 is 1.78 bits per heavy atom. The minimum atomic E-state index is 0.0436. The van der Waals surface area contributed by atoms with Crippen LogP contribution in [0, 0.1) is 0 Å². The maximum absolute atomic E-state index is 9.98. The summed E-state index contributed by atoms with van der Waals surface area (Å²) in [6, 6.07) is 0. The van der Waals surface area contributed by atoms with Gasteiger partial charge >= 0.3 is 0 Å². The molecular weight excluding hydrogens is 124 g/mol. The van der Waals surface area contributed by atoms with Crippen LogP contribution in [0.2, 0.25) is 0 Å². The molecule has 0 atom stereocenters. The summed E-state index contributed by atoms with van der Waals surface area (Å²) >= 11 is 0. The number of nitrogens with two attached hydrogens (primary N) is 2. The highest BCUT2D eigenvalue weighted by Crippen LogP contribution is 1.88. The average molecular weight is 130 g/mol. The third kappa shape index (κ3) is 0.722. The topological polar surface area (TPSA) is 100.0 Å². The predicted octanol–water partition coefficient (Wildman–Crippen LogP) is -2.72. The van der Waals surface area contributed by atoms with Crippen molar-refractivity contribution in [3.8, 4) is 0 Å². The van der Waals surface area contributed by atoms with Gasteiger partial charge in [0.25, 0.3) is 12.4 Å². The fourth-order valence-electron chi connectivity index (χ4n) is 0.387. The molecule has 0 bridgehead atoms. The molecule has 7 heteroatoms. The number of nitrogens with one attached hydrogen (secondary N) is 1. The number of carbonyl (C=O) groups is 1. The average Bonchev–Trinajstić information content (AvgIpc) is 2.15. The standard InChI is InChI=1S/C2H6N6O/c3-2-5-6-7(1-9)8(2)4/h1,6H,4H2,(H2,3,5). The predicted molar refractivity (Wildman–Crippen MR) is 28.7 cm³/mol. The van der Waals surface area contributed by atoms with Crippen molar-refractivity contribution in [1.29, 1.82) is 0 Å². The zero-order valence-electron chi connectivity index (χ0n) is 4.48. The second-order valence-corrected chi connectivity index (χ2v) is 1.36. The van der Waals surface area contributed by atoms with E-state index in [0.717, 1.165) is 10.2 Å². The quantitative estimate of drug-likeness (QED) is 0.264. The van der Waals surface area contributed by atoms with Gasteiger partial charge in [0.05, 0.1) is 0 Å². The Morgan fingerprint density at radius 3 is 2.67 bits per heavy atom. The lowest BCUT2D eigenvalue weighted by molar-refractivity contribution is -0.132. The van der Waals surface area contributed by atoms with Crippen LogP contribution in [0.15, 0.2) is 5.10 Å². The number of hydrazine groups is 3. The minimum absolute atomic E-state index is 0.0436. The van der Waals surface area contributed by atoms with Crippen LogP contribution in [0.4, 0.5) is 0 Å². The molecule has 0 saturated carbocycles. The largest absolute Gasteiger partial charge is 0.366 e. The van der Waals surface area contributed by atoms with Gasteiger partial charge in [-0.25, -0.2) is 5.84 Å². The molecule has 0 aliphatic carbocycles. The van der Waals surface area contributed by atoms with Crippen LogP contribution in [0.5, 0.6) is 0 Å². The molecule has 0 radical (unpaired) electrons. The van der Waals surface area contributed by atoms with E-state index in [-0.39, 0.29) is 5.96 Å². The second-order valence-electron chi connectivity index (χ2n) is 1.36. The zero-order chi connectivity index (χ0) is 6.85.